The van der Waals surface area contributed by atoms with Crippen molar-refractivity contribution in [2.75, 3.05) is 19.5 Å². The number of hydrogen-bond acceptors (Lipinski definition) is 5. The van der Waals surface area contributed by atoms with E-state index in [1.807, 2.05) is 19.9 Å². The second kappa shape index (κ2) is 8.12. The molecule has 0 saturated heterocycles. The molecule has 0 aliphatic carbocycles. The summed E-state index contributed by atoms with van der Waals surface area (Å²) in [5.41, 5.74) is 0.817. The van der Waals surface area contributed by atoms with Crippen molar-refractivity contribution >= 4 is 22.5 Å². The minimum Gasteiger partial charge on any atom is -0.497 e. The molecule has 1 amide bonds. The van der Waals surface area contributed by atoms with Crippen LogP contribution in [0.25, 0.3) is 10.9 Å². The lowest BCUT2D eigenvalue weighted by Crippen LogP contribution is -2.36. The molecule has 1 atom stereocenters. The molecule has 3 aromatic rings. The molecule has 0 bridgehead atoms. The summed E-state index contributed by atoms with van der Waals surface area (Å²) >= 11 is 0. The van der Waals surface area contributed by atoms with Crippen molar-refractivity contribution in [1.82, 2.24) is 9.55 Å². The van der Waals surface area contributed by atoms with Crippen LogP contribution < -0.4 is 20.3 Å². The van der Waals surface area contributed by atoms with Gasteiger partial charge in [-0.2, -0.15) is 0 Å². The summed E-state index contributed by atoms with van der Waals surface area (Å²) in [4.78, 5) is 30.4. The Morgan fingerprint density at radius 3 is 2.54 bits per heavy atom. The summed E-state index contributed by atoms with van der Waals surface area (Å²) in [7, 11) is 3.07. The van der Waals surface area contributed by atoms with Crippen molar-refractivity contribution in [3.8, 4) is 11.5 Å². The molecule has 0 radical (unpaired) electrons. The van der Waals surface area contributed by atoms with Gasteiger partial charge in [-0.15, -0.1) is 0 Å². The molecule has 28 heavy (non-hydrogen) atoms. The Labute approximate surface area is 162 Å². The number of rotatable bonds is 6. The van der Waals surface area contributed by atoms with Crippen molar-refractivity contribution < 1.29 is 14.3 Å². The van der Waals surface area contributed by atoms with Crippen LogP contribution in [0.3, 0.4) is 0 Å². The summed E-state index contributed by atoms with van der Waals surface area (Å²) in [6, 6.07) is 11.5. The normalized spacial score (nSPS) is 12.0. The van der Waals surface area contributed by atoms with Gasteiger partial charge in [0.05, 0.1) is 37.1 Å². The molecule has 2 aromatic carbocycles. The molecule has 1 heterocycles. The molecule has 0 unspecified atom stereocenters. The number of methoxy groups -OCH3 is 2. The minimum atomic E-state index is -0.736. The third kappa shape index (κ3) is 3.69. The average Bonchev–Trinajstić information content (AvgIpc) is 2.69. The van der Waals surface area contributed by atoms with Gasteiger partial charge >= 0.3 is 0 Å². The van der Waals surface area contributed by atoms with Gasteiger partial charge in [-0.3, -0.25) is 14.2 Å². The van der Waals surface area contributed by atoms with Crippen LogP contribution in [0.4, 0.5) is 5.69 Å². The Balaban J connectivity index is 2.01. The van der Waals surface area contributed by atoms with E-state index < -0.39 is 6.04 Å². The molecule has 0 aliphatic rings. The average molecular weight is 381 g/mol. The molecular formula is C21H23N3O4. The summed E-state index contributed by atoms with van der Waals surface area (Å²) in [6.45, 7) is 3.77. The Hall–Kier alpha value is -3.35. The highest BCUT2D eigenvalue weighted by molar-refractivity contribution is 5.95. The van der Waals surface area contributed by atoms with Crippen LogP contribution in [-0.4, -0.2) is 29.7 Å². The van der Waals surface area contributed by atoms with Crippen LogP contribution in [-0.2, 0) is 4.79 Å². The van der Waals surface area contributed by atoms with Gasteiger partial charge in [-0.1, -0.05) is 26.0 Å². The van der Waals surface area contributed by atoms with Crippen LogP contribution in [0.5, 0.6) is 11.5 Å². The van der Waals surface area contributed by atoms with E-state index in [1.54, 1.807) is 43.5 Å². The first kappa shape index (κ1) is 19.4. The number of carbonyl (C=O) groups excluding carboxylic acids is 1. The predicted molar refractivity (Wildman–Crippen MR) is 108 cm³/mol. The number of amides is 1. The molecule has 7 heteroatoms. The van der Waals surface area contributed by atoms with E-state index in [0.717, 1.165) is 0 Å². The smallest absolute Gasteiger partial charge is 0.261 e. The highest BCUT2D eigenvalue weighted by Crippen LogP contribution is 2.30. The number of anilines is 1. The van der Waals surface area contributed by atoms with E-state index in [-0.39, 0.29) is 17.4 Å². The zero-order valence-electron chi connectivity index (χ0n) is 16.3. The lowest BCUT2D eigenvalue weighted by molar-refractivity contribution is -0.120. The van der Waals surface area contributed by atoms with Crippen LogP contribution in [0.2, 0.25) is 0 Å². The van der Waals surface area contributed by atoms with Crippen LogP contribution >= 0.6 is 0 Å². The molecule has 0 spiro atoms. The maximum atomic E-state index is 13.1. The van der Waals surface area contributed by atoms with Crippen LogP contribution in [0.1, 0.15) is 19.9 Å². The van der Waals surface area contributed by atoms with Crippen LogP contribution in [0, 0.1) is 5.92 Å². The third-order valence-electron chi connectivity index (χ3n) is 4.55. The maximum absolute atomic E-state index is 13.1. The summed E-state index contributed by atoms with van der Waals surface area (Å²) in [5.74, 6) is 0.611. The lowest BCUT2D eigenvalue weighted by Gasteiger charge is -2.23. The summed E-state index contributed by atoms with van der Waals surface area (Å²) < 4.78 is 11.9. The second-order valence-corrected chi connectivity index (χ2v) is 6.72. The zero-order chi connectivity index (χ0) is 20.3. The molecule has 7 nitrogen and oxygen atoms in total. The largest absolute Gasteiger partial charge is 0.497 e. The van der Waals surface area contributed by atoms with Gasteiger partial charge in [-0.25, -0.2) is 4.98 Å². The van der Waals surface area contributed by atoms with Crippen molar-refractivity contribution in [2.45, 2.75) is 19.9 Å². The molecule has 0 aliphatic heterocycles. The molecule has 0 fully saturated rings. The molecular weight excluding hydrogens is 358 g/mol. The fraction of sp³-hybridized carbons (Fsp3) is 0.286. The Kier molecular flexibility index (Phi) is 5.63. The molecule has 146 valence electrons. The monoisotopic (exact) mass is 381 g/mol. The third-order valence-corrected chi connectivity index (χ3v) is 4.55. The number of benzene rings is 2. The first-order valence-corrected chi connectivity index (χ1v) is 8.95. The van der Waals surface area contributed by atoms with Crippen molar-refractivity contribution in [3.63, 3.8) is 0 Å². The van der Waals surface area contributed by atoms with Gasteiger partial charge in [-0.05, 0) is 30.2 Å². The topological polar surface area (TPSA) is 82.4 Å². The lowest BCUT2D eigenvalue weighted by atomic mass is 10.0. The van der Waals surface area contributed by atoms with Crippen molar-refractivity contribution in [3.05, 3.63) is 59.1 Å². The van der Waals surface area contributed by atoms with Gasteiger partial charge in [0.25, 0.3) is 5.56 Å². The van der Waals surface area contributed by atoms with Gasteiger partial charge in [0, 0.05) is 6.07 Å². The Morgan fingerprint density at radius 2 is 1.86 bits per heavy atom. The number of hydrogen-bond donors (Lipinski definition) is 1. The zero-order valence-corrected chi connectivity index (χ0v) is 16.3. The fourth-order valence-electron chi connectivity index (χ4n) is 3.15. The predicted octanol–water partition coefficient (Wildman–Crippen LogP) is 3.25. The first-order chi connectivity index (χ1) is 13.5. The Morgan fingerprint density at radius 1 is 1.11 bits per heavy atom. The molecule has 1 N–H and O–H groups in total. The number of ether oxygens (including phenoxy) is 2. The quantitative estimate of drug-likeness (QED) is 0.709. The van der Waals surface area contributed by atoms with Crippen molar-refractivity contribution in [2.24, 2.45) is 5.92 Å². The van der Waals surface area contributed by atoms with Gasteiger partial charge in [0.1, 0.15) is 17.5 Å². The summed E-state index contributed by atoms with van der Waals surface area (Å²) in [6.07, 6.45) is 1.43. The standard InChI is InChI=1S/C21H23N3O4/c1-13(2)19(24-12-22-16-8-6-5-7-15(16)21(24)26)20(25)23-17-11-14(27-3)9-10-18(17)28-4/h5-13,19H,1-4H3,(H,23,25)/t19-/m1/s1. The number of carbonyl (C=O) groups is 1. The molecule has 3 rings (SSSR count). The number of nitrogens with zero attached hydrogens (tertiary/aromatic N) is 2. The molecule has 0 saturated carbocycles. The van der Waals surface area contributed by atoms with E-state index in [4.69, 9.17) is 9.47 Å². The van der Waals surface area contributed by atoms with E-state index in [0.29, 0.717) is 28.1 Å². The highest BCUT2D eigenvalue weighted by atomic mass is 16.5. The van der Waals surface area contributed by atoms with E-state index >= 15 is 0 Å². The first-order valence-electron chi connectivity index (χ1n) is 8.95. The number of aromatic nitrogens is 2. The SMILES string of the molecule is COc1ccc(OC)c(NC(=O)[C@@H](C(C)C)n2cnc3ccccc3c2=O)c1. The molecule has 1 aromatic heterocycles. The maximum Gasteiger partial charge on any atom is 0.261 e. The van der Waals surface area contributed by atoms with E-state index in [2.05, 4.69) is 10.3 Å². The second-order valence-electron chi connectivity index (χ2n) is 6.72. The van der Waals surface area contributed by atoms with Crippen molar-refractivity contribution in [1.29, 1.82) is 0 Å². The summed E-state index contributed by atoms with van der Waals surface area (Å²) in [5, 5.41) is 3.33. The highest BCUT2D eigenvalue weighted by Gasteiger charge is 2.27. The van der Waals surface area contributed by atoms with Gasteiger partial charge in [0.2, 0.25) is 5.91 Å². The van der Waals surface area contributed by atoms with E-state index in [1.165, 1.54) is 18.0 Å². The fourth-order valence-corrected chi connectivity index (χ4v) is 3.15. The number of nitrogens with one attached hydrogen (secondary N) is 1. The number of fused-ring (bicyclic) bond motifs is 1. The number of para-hydroxylation sites is 1. The van der Waals surface area contributed by atoms with Gasteiger partial charge in [0.15, 0.2) is 0 Å². The van der Waals surface area contributed by atoms with Crippen LogP contribution in [0.15, 0.2) is 53.6 Å². The minimum absolute atomic E-state index is 0.141. The Bertz CT molecular complexity index is 1060. The van der Waals surface area contributed by atoms with E-state index in [9.17, 15) is 9.59 Å². The van der Waals surface area contributed by atoms with Gasteiger partial charge < -0.3 is 14.8 Å².